The first-order valence-corrected chi connectivity index (χ1v) is 6.43. The first kappa shape index (κ1) is 15.8. The molecular weight excluding hydrogens is 315 g/mol. The summed E-state index contributed by atoms with van der Waals surface area (Å²) >= 11 is 5.83. The predicted molar refractivity (Wildman–Crippen MR) is 79.0 cm³/mol. The van der Waals surface area contributed by atoms with Crippen LogP contribution in [0.25, 0.3) is 11.3 Å². The molecule has 0 amide bonds. The van der Waals surface area contributed by atoms with Gasteiger partial charge in [-0.05, 0) is 24.6 Å². The lowest BCUT2D eigenvalue weighted by Gasteiger charge is -2.12. The molecule has 6 nitrogen and oxygen atoms in total. The van der Waals surface area contributed by atoms with E-state index in [1.54, 1.807) is 13.0 Å². The summed E-state index contributed by atoms with van der Waals surface area (Å²) in [4.78, 5) is 14.5. The maximum Gasteiger partial charge on any atom is 0.512 e. The van der Waals surface area contributed by atoms with Crippen molar-refractivity contribution in [2.24, 2.45) is 0 Å². The van der Waals surface area contributed by atoms with Gasteiger partial charge in [0.1, 0.15) is 5.02 Å². The van der Waals surface area contributed by atoms with Gasteiger partial charge in [-0.15, -0.1) is 0 Å². The fourth-order valence-corrected chi connectivity index (χ4v) is 2.05. The zero-order valence-electron chi connectivity index (χ0n) is 11.7. The molecule has 0 saturated carbocycles. The molecule has 3 N–H and O–H groups in total. The van der Waals surface area contributed by atoms with E-state index in [4.69, 9.17) is 27.2 Å². The van der Waals surface area contributed by atoms with Gasteiger partial charge in [-0.1, -0.05) is 17.7 Å². The molecule has 0 fully saturated rings. The van der Waals surface area contributed by atoms with Crippen molar-refractivity contribution in [1.29, 1.82) is 0 Å². The molecule has 0 radical (unpaired) electrons. The highest BCUT2D eigenvalue weighted by atomic mass is 35.5. The molecule has 2 aromatic rings. The summed E-state index contributed by atoms with van der Waals surface area (Å²) in [6, 6.07) is 4.44. The van der Waals surface area contributed by atoms with Crippen molar-refractivity contribution >= 4 is 23.4 Å². The number of benzene rings is 1. The number of nitrogens with two attached hydrogens (primary N) is 1. The van der Waals surface area contributed by atoms with E-state index in [0.717, 1.165) is 0 Å². The molecule has 8 heteroatoms. The molecular formula is C14H12ClFN2O4. The average Bonchev–Trinajstić information content (AvgIpc) is 2.44. The van der Waals surface area contributed by atoms with Gasteiger partial charge in [-0.3, -0.25) is 0 Å². The van der Waals surface area contributed by atoms with Crippen molar-refractivity contribution in [2.45, 2.75) is 6.92 Å². The van der Waals surface area contributed by atoms with E-state index in [2.05, 4.69) is 9.72 Å². The number of nitrogen functional groups attached to an aromatic ring is 1. The fraction of sp³-hybridized carbons (Fsp3) is 0.143. The number of aryl methyl sites for hydroxylation is 1. The fourth-order valence-electron chi connectivity index (χ4n) is 1.91. The van der Waals surface area contributed by atoms with Crippen LogP contribution in [0.4, 0.5) is 14.9 Å². The third-order valence-corrected chi connectivity index (χ3v) is 3.29. The van der Waals surface area contributed by atoms with E-state index in [1.165, 1.54) is 19.2 Å². The van der Waals surface area contributed by atoms with Gasteiger partial charge in [0.25, 0.3) is 0 Å². The smallest absolute Gasteiger partial charge is 0.493 e. The van der Waals surface area contributed by atoms with Gasteiger partial charge in [0, 0.05) is 5.56 Å². The average molecular weight is 327 g/mol. The molecule has 0 saturated heterocycles. The molecule has 1 heterocycles. The summed E-state index contributed by atoms with van der Waals surface area (Å²) in [5.74, 6) is -0.991. The first-order valence-electron chi connectivity index (χ1n) is 6.05. The molecule has 1 aromatic carbocycles. The number of pyridine rings is 1. The van der Waals surface area contributed by atoms with Crippen LogP contribution in [0, 0.1) is 12.7 Å². The second-order valence-corrected chi connectivity index (χ2v) is 4.74. The number of nitrogens with zero attached hydrogens (tertiary/aromatic N) is 1. The van der Waals surface area contributed by atoms with E-state index in [9.17, 15) is 9.18 Å². The van der Waals surface area contributed by atoms with Gasteiger partial charge in [0.2, 0.25) is 5.88 Å². The van der Waals surface area contributed by atoms with Crippen LogP contribution in [0.2, 0.25) is 5.02 Å². The Kier molecular flexibility index (Phi) is 4.37. The van der Waals surface area contributed by atoms with Gasteiger partial charge in [0.05, 0.1) is 18.5 Å². The Balaban J connectivity index is 2.63. The summed E-state index contributed by atoms with van der Waals surface area (Å²) in [6.45, 7) is 1.69. The Morgan fingerprint density at radius 3 is 2.73 bits per heavy atom. The number of carbonyl (C=O) groups is 1. The second kappa shape index (κ2) is 6.07. The number of aromatic nitrogens is 1. The van der Waals surface area contributed by atoms with Crippen LogP contribution in [0.1, 0.15) is 5.56 Å². The quantitative estimate of drug-likeness (QED) is 0.838. The van der Waals surface area contributed by atoms with Crippen molar-refractivity contribution in [3.05, 3.63) is 34.6 Å². The number of carboxylic acid groups (broad SMARTS) is 1. The number of anilines is 1. The lowest BCUT2D eigenvalue weighted by atomic mass is 10.1. The Morgan fingerprint density at radius 2 is 2.14 bits per heavy atom. The van der Waals surface area contributed by atoms with Crippen molar-refractivity contribution in [3.8, 4) is 22.9 Å². The highest BCUT2D eigenvalue weighted by Crippen LogP contribution is 2.36. The number of hydrogen-bond donors (Lipinski definition) is 2. The minimum atomic E-state index is -1.60. The third kappa shape index (κ3) is 2.89. The van der Waals surface area contributed by atoms with E-state index >= 15 is 0 Å². The topological polar surface area (TPSA) is 94.7 Å². The normalized spacial score (nSPS) is 10.4. The van der Waals surface area contributed by atoms with Crippen molar-refractivity contribution in [3.63, 3.8) is 0 Å². The summed E-state index contributed by atoms with van der Waals surface area (Å²) in [5.41, 5.74) is 6.47. The monoisotopic (exact) mass is 326 g/mol. The minimum Gasteiger partial charge on any atom is -0.493 e. The number of ether oxygens (including phenoxy) is 2. The second-order valence-electron chi connectivity index (χ2n) is 4.36. The van der Waals surface area contributed by atoms with E-state index in [1.807, 2.05) is 0 Å². The Bertz CT molecular complexity index is 752. The minimum absolute atomic E-state index is 0.0156. The van der Waals surface area contributed by atoms with Crippen molar-refractivity contribution in [2.75, 3.05) is 12.8 Å². The molecule has 0 aliphatic heterocycles. The Labute approximate surface area is 130 Å². The highest BCUT2D eigenvalue weighted by Gasteiger charge is 2.19. The van der Waals surface area contributed by atoms with Crippen molar-refractivity contribution < 1.29 is 23.8 Å². The molecule has 116 valence electrons. The summed E-state index contributed by atoms with van der Waals surface area (Å²) < 4.78 is 23.9. The Hall–Kier alpha value is -2.54. The summed E-state index contributed by atoms with van der Waals surface area (Å²) in [6.07, 6.45) is -1.60. The van der Waals surface area contributed by atoms with Gasteiger partial charge in [0.15, 0.2) is 11.6 Å². The molecule has 22 heavy (non-hydrogen) atoms. The maximum atomic E-state index is 14.4. The van der Waals surface area contributed by atoms with Crippen LogP contribution in [0.15, 0.2) is 18.2 Å². The van der Waals surface area contributed by atoms with Crippen LogP contribution >= 0.6 is 11.6 Å². The molecule has 0 bridgehead atoms. The molecule has 0 atom stereocenters. The lowest BCUT2D eigenvalue weighted by molar-refractivity contribution is 0.142. The molecule has 0 aliphatic rings. The van der Waals surface area contributed by atoms with Gasteiger partial charge in [-0.2, -0.15) is 0 Å². The van der Waals surface area contributed by atoms with Crippen LogP contribution in [-0.2, 0) is 0 Å². The maximum absolute atomic E-state index is 14.4. The van der Waals surface area contributed by atoms with Gasteiger partial charge >= 0.3 is 6.16 Å². The van der Waals surface area contributed by atoms with E-state index in [-0.39, 0.29) is 27.7 Å². The zero-order valence-corrected chi connectivity index (χ0v) is 12.4. The molecule has 0 aliphatic carbocycles. The first-order chi connectivity index (χ1) is 10.3. The van der Waals surface area contributed by atoms with Crippen LogP contribution < -0.4 is 15.2 Å². The van der Waals surface area contributed by atoms with Crippen LogP contribution in [-0.4, -0.2) is 23.4 Å². The summed E-state index contributed by atoms with van der Waals surface area (Å²) in [5, 5.41) is 8.50. The van der Waals surface area contributed by atoms with Gasteiger partial charge < -0.3 is 20.3 Å². The largest absolute Gasteiger partial charge is 0.512 e. The molecule has 2 rings (SSSR count). The third-order valence-electron chi connectivity index (χ3n) is 2.91. The number of halogens is 2. The summed E-state index contributed by atoms with van der Waals surface area (Å²) in [7, 11) is 1.35. The number of methoxy groups -OCH3 is 1. The predicted octanol–water partition coefficient (Wildman–Crippen LogP) is 3.50. The Morgan fingerprint density at radius 1 is 1.45 bits per heavy atom. The molecule has 0 unspecified atom stereocenters. The van der Waals surface area contributed by atoms with Crippen LogP contribution in [0.3, 0.4) is 0 Å². The lowest BCUT2D eigenvalue weighted by Crippen LogP contribution is -2.07. The number of rotatable bonds is 3. The molecule has 0 spiro atoms. The standard InChI is InChI=1S/C14H12ClFN2O4/c1-6-3-4-7(11(16)12(6)21-2)9-5-8(17)10(15)13(18-9)22-14(19)20/h3-5H,1-2H3,(H2,17,18)(H,19,20). The van der Waals surface area contributed by atoms with Crippen LogP contribution in [0.5, 0.6) is 11.6 Å². The van der Waals surface area contributed by atoms with Gasteiger partial charge in [-0.25, -0.2) is 14.2 Å². The SMILES string of the molecule is COc1c(C)ccc(-c2cc(N)c(Cl)c(OC(=O)O)n2)c1F. The highest BCUT2D eigenvalue weighted by molar-refractivity contribution is 6.34. The van der Waals surface area contributed by atoms with E-state index in [0.29, 0.717) is 5.56 Å². The zero-order chi connectivity index (χ0) is 16.4. The van der Waals surface area contributed by atoms with E-state index < -0.39 is 17.9 Å². The number of hydrogen-bond acceptors (Lipinski definition) is 5. The van der Waals surface area contributed by atoms with Crippen molar-refractivity contribution in [1.82, 2.24) is 4.98 Å². The molecule has 1 aromatic heterocycles.